The van der Waals surface area contributed by atoms with Crippen LogP contribution in [0.1, 0.15) is 43.1 Å². The Morgan fingerprint density at radius 1 is 1.40 bits per heavy atom. The molecule has 0 bridgehead atoms. The quantitative estimate of drug-likeness (QED) is 0.806. The molecule has 0 spiro atoms. The van der Waals surface area contributed by atoms with Crippen molar-refractivity contribution in [2.75, 3.05) is 13.2 Å². The Morgan fingerprint density at radius 2 is 2.10 bits per heavy atom. The Morgan fingerprint density at radius 3 is 2.70 bits per heavy atom. The van der Waals surface area contributed by atoms with Crippen LogP contribution in [0.2, 0.25) is 0 Å². The third-order valence-corrected chi connectivity index (χ3v) is 3.10. The lowest BCUT2D eigenvalue weighted by Gasteiger charge is -2.15. The molecule has 0 aromatic heterocycles. The molecule has 2 atom stereocenters. The number of ether oxygens (including phenoxy) is 1. The van der Waals surface area contributed by atoms with Crippen LogP contribution in [0.15, 0.2) is 18.2 Å². The van der Waals surface area contributed by atoms with Crippen LogP contribution in [0.3, 0.4) is 0 Å². The number of rotatable bonds is 7. The Hall–Kier alpha value is -1.55. The van der Waals surface area contributed by atoms with Crippen molar-refractivity contribution in [1.82, 2.24) is 5.32 Å². The minimum atomic E-state index is -0.342. The second-order valence-corrected chi connectivity index (χ2v) is 5.31. The van der Waals surface area contributed by atoms with Gasteiger partial charge in [0.1, 0.15) is 5.75 Å². The summed E-state index contributed by atoms with van der Waals surface area (Å²) in [5.41, 5.74) is 1.62. The SMILES string of the molecule is CCOc1cc(C(=O)NCC(C)CC(C)O)ccc1C. The second kappa shape index (κ2) is 7.90. The van der Waals surface area contributed by atoms with Gasteiger partial charge < -0.3 is 15.2 Å². The number of amides is 1. The molecule has 0 fully saturated rings. The molecule has 0 heterocycles. The highest BCUT2D eigenvalue weighted by atomic mass is 16.5. The normalized spacial score (nSPS) is 13.7. The molecule has 0 radical (unpaired) electrons. The standard InChI is InChI=1S/C16H25NO3/c1-5-20-15-9-14(7-6-12(15)3)16(19)17-10-11(2)8-13(4)18/h6-7,9,11,13,18H,5,8,10H2,1-4H3,(H,17,19). The van der Waals surface area contributed by atoms with Gasteiger partial charge in [0.25, 0.3) is 5.91 Å². The van der Waals surface area contributed by atoms with Crippen molar-refractivity contribution in [3.63, 3.8) is 0 Å². The van der Waals surface area contributed by atoms with E-state index in [9.17, 15) is 9.90 Å². The van der Waals surface area contributed by atoms with Crippen molar-refractivity contribution in [3.8, 4) is 5.75 Å². The van der Waals surface area contributed by atoms with Crippen LogP contribution in [0.4, 0.5) is 0 Å². The van der Waals surface area contributed by atoms with Crippen LogP contribution in [-0.2, 0) is 0 Å². The average Bonchev–Trinajstić information content (AvgIpc) is 2.38. The van der Waals surface area contributed by atoms with E-state index >= 15 is 0 Å². The van der Waals surface area contributed by atoms with Gasteiger partial charge in [0.05, 0.1) is 12.7 Å². The first-order valence-electron chi connectivity index (χ1n) is 7.13. The highest BCUT2D eigenvalue weighted by Crippen LogP contribution is 2.19. The van der Waals surface area contributed by atoms with Gasteiger partial charge in [0, 0.05) is 12.1 Å². The van der Waals surface area contributed by atoms with E-state index < -0.39 is 0 Å². The largest absolute Gasteiger partial charge is 0.494 e. The number of carbonyl (C=O) groups excluding carboxylic acids is 1. The number of aryl methyl sites for hydroxylation is 1. The molecule has 20 heavy (non-hydrogen) atoms. The van der Waals surface area contributed by atoms with Crippen molar-refractivity contribution in [1.29, 1.82) is 0 Å². The first-order chi connectivity index (χ1) is 9.43. The molecule has 0 saturated carbocycles. The van der Waals surface area contributed by atoms with Crippen LogP contribution in [0, 0.1) is 12.8 Å². The summed E-state index contributed by atoms with van der Waals surface area (Å²) in [5.74, 6) is 0.885. The minimum Gasteiger partial charge on any atom is -0.494 e. The maximum absolute atomic E-state index is 12.1. The monoisotopic (exact) mass is 279 g/mol. The highest BCUT2D eigenvalue weighted by molar-refractivity contribution is 5.94. The average molecular weight is 279 g/mol. The number of aliphatic hydroxyl groups excluding tert-OH is 1. The van der Waals surface area contributed by atoms with E-state index in [0.29, 0.717) is 25.1 Å². The van der Waals surface area contributed by atoms with Gasteiger partial charge in [-0.15, -0.1) is 0 Å². The zero-order valence-corrected chi connectivity index (χ0v) is 12.8. The summed E-state index contributed by atoms with van der Waals surface area (Å²) in [5, 5.41) is 12.2. The minimum absolute atomic E-state index is 0.108. The van der Waals surface area contributed by atoms with E-state index in [1.165, 1.54) is 0 Å². The van der Waals surface area contributed by atoms with Crippen molar-refractivity contribution in [3.05, 3.63) is 29.3 Å². The van der Waals surface area contributed by atoms with Crippen molar-refractivity contribution < 1.29 is 14.6 Å². The van der Waals surface area contributed by atoms with Crippen molar-refractivity contribution in [2.24, 2.45) is 5.92 Å². The Bertz CT molecular complexity index is 443. The molecule has 4 heteroatoms. The number of hydrogen-bond donors (Lipinski definition) is 2. The molecular weight excluding hydrogens is 254 g/mol. The predicted octanol–water partition coefficient (Wildman–Crippen LogP) is 2.53. The zero-order valence-electron chi connectivity index (χ0n) is 12.8. The van der Waals surface area contributed by atoms with Crippen LogP contribution < -0.4 is 10.1 Å². The molecule has 0 aliphatic carbocycles. The van der Waals surface area contributed by atoms with Gasteiger partial charge in [-0.2, -0.15) is 0 Å². The topological polar surface area (TPSA) is 58.6 Å². The van der Waals surface area contributed by atoms with Gasteiger partial charge in [0.2, 0.25) is 0 Å². The summed E-state index contributed by atoms with van der Waals surface area (Å²) in [6.45, 7) is 8.78. The van der Waals surface area contributed by atoms with E-state index in [2.05, 4.69) is 5.32 Å². The van der Waals surface area contributed by atoms with Crippen LogP contribution in [0.5, 0.6) is 5.75 Å². The zero-order chi connectivity index (χ0) is 15.1. The number of hydrogen-bond acceptors (Lipinski definition) is 3. The fraction of sp³-hybridized carbons (Fsp3) is 0.562. The van der Waals surface area contributed by atoms with E-state index in [0.717, 1.165) is 11.3 Å². The first kappa shape index (κ1) is 16.5. The number of aliphatic hydroxyl groups is 1. The van der Waals surface area contributed by atoms with E-state index in [1.54, 1.807) is 19.1 Å². The van der Waals surface area contributed by atoms with Crippen LogP contribution in [0.25, 0.3) is 0 Å². The summed E-state index contributed by atoms with van der Waals surface area (Å²) < 4.78 is 5.49. The molecule has 0 aliphatic rings. The number of carbonyl (C=O) groups is 1. The third kappa shape index (κ3) is 5.21. The van der Waals surface area contributed by atoms with Gasteiger partial charge in [-0.05, 0) is 50.8 Å². The lowest BCUT2D eigenvalue weighted by molar-refractivity contribution is 0.0939. The first-order valence-corrected chi connectivity index (χ1v) is 7.13. The number of benzene rings is 1. The molecule has 4 nitrogen and oxygen atoms in total. The molecule has 0 aliphatic heterocycles. The lowest BCUT2D eigenvalue weighted by atomic mass is 10.0. The predicted molar refractivity (Wildman–Crippen MR) is 80.1 cm³/mol. The summed E-state index contributed by atoms with van der Waals surface area (Å²) in [4.78, 5) is 12.1. The Kier molecular flexibility index (Phi) is 6.52. The fourth-order valence-corrected chi connectivity index (χ4v) is 2.09. The van der Waals surface area contributed by atoms with E-state index in [4.69, 9.17) is 4.74 Å². The summed E-state index contributed by atoms with van der Waals surface area (Å²) in [7, 11) is 0. The molecule has 1 amide bonds. The lowest BCUT2D eigenvalue weighted by Crippen LogP contribution is -2.29. The highest BCUT2D eigenvalue weighted by Gasteiger charge is 2.11. The fourth-order valence-electron chi connectivity index (χ4n) is 2.09. The third-order valence-electron chi connectivity index (χ3n) is 3.10. The summed E-state index contributed by atoms with van der Waals surface area (Å²) in [6.07, 6.45) is 0.337. The summed E-state index contributed by atoms with van der Waals surface area (Å²) >= 11 is 0. The molecule has 2 unspecified atom stereocenters. The molecule has 1 rings (SSSR count). The van der Waals surface area contributed by atoms with E-state index in [1.807, 2.05) is 26.8 Å². The van der Waals surface area contributed by atoms with Gasteiger partial charge in [-0.25, -0.2) is 0 Å². The smallest absolute Gasteiger partial charge is 0.251 e. The van der Waals surface area contributed by atoms with Gasteiger partial charge in [0.15, 0.2) is 0 Å². The van der Waals surface area contributed by atoms with Gasteiger partial charge in [-0.1, -0.05) is 13.0 Å². The molecule has 112 valence electrons. The van der Waals surface area contributed by atoms with Crippen LogP contribution in [-0.4, -0.2) is 30.3 Å². The van der Waals surface area contributed by atoms with E-state index in [-0.39, 0.29) is 17.9 Å². The molecule has 1 aromatic carbocycles. The van der Waals surface area contributed by atoms with Crippen molar-refractivity contribution >= 4 is 5.91 Å². The molecule has 2 N–H and O–H groups in total. The van der Waals surface area contributed by atoms with Gasteiger partial charge in [-0.3, -0.25) is 4.79 Å². The molecular formula is C16H25NO3. The number of nitrogens with one attached hydrogen (secondary N) is 1. The molecule has 1 aromatic rings. The van der Waals surface area contributed by atoms with Crippen LogP contribution >= 0.6 is 0 Å². The van der Waals surface area contributed by atoms with Crippen molar-refractivity contribution in [2.45, 2.75) is 40.2 Å². The molecule has 0 saturated heterocycles. The Balaban J connectivity index is 2.61. The Labute approximate surface area is 121 Å². The summed E-state index contributed by atoms with van der Waals surface area (Å²) in [6, 6.07) is 5.46. The maximum Gasteiger partial charge on any atom is 0.251 e. The van der Waals surface area contributed by atoms with Gasteiger partial charge >= 0.3 is 0 Å². The maximum atomic E-state index is 12.1. The second-order valence-electron chi connectivity index (χ2n) is 5.31.